The molecule has 0 unspecified atom stereocenters. The Balaban J connectivity index is 1.75. The van der Waals surface area contributed by atoms with E-state index < -0.39 is 9.84 Å². The Morgan fingerprint density at radius 2 is 1.87 bits per heavy atom. The van der Waals surface area contributed by atoms with Gasteiger partial charge in [-0.1, -0.05) is 24.3 Å². The highest BCUT2D eigenvalue weighted by atomic mass is 32.2. The normalized spacial score (nSPS) is 11.7. The highest BCUT2D eigenvalue weighted by molar-refractivity contribution is 7.91. The van der Waals surface area contributed by atoms with Crippen LogP contribution in [0.5, 0.6) is 0 Å². The Labute approximate surface area is 185 Å². The number of carbonyl (C=O) groups excluding carboxylic acids is 1. The van der Waals surface area contributed by atoms with Crippen molar-refractivity contribution < 1.29 is 17.6 Å². The van der Waals surface area contributed by atoms with Gasteiger partial charge in [-0.25, -0.2) is 13.4 Å². The van der Waals surface area contributed by atoms with Crippen LogP contribution in [0.15, 0.2) is 64.1 Å². The van der Waals surface area contributed by atoms with Gasteiger partial charge < -0.3 is 4.42 Å². The Morgan fingerprint density at radius 3 is 2.52 bits per heavy atom. The molecule has 0 aliphatic carbocycles. The van der Waals surface area contributed by atoms with E-state index in [1.807, 2.05) is 13.8 Å². The molecule has 0 bridgehead atoms. The maximum atomic E-state index is 13.4. The lowest BCUT2D eigenvalue weighted by Gasteiger charge is -2.19. The topological polar surface area (TPSA) is 80.5 Å². The predicted molar refractivity (Wildman–Crippen MR) is 122 cm³/mol. The summed E-state index contributed by atoms with van der Waals surface area (Å²) in [6.45, 7) is 5.85. The van der Waals surface area contributed by atoms with Crippen molar-refractivity contribution in [1.82, 2.24) is 4.98 Å². The van der Waals surface area contributed by atoms with Crippen molar-refractivity contribution in [3.05, 3.63) is 77.2 Å². The maximum Gasteiger partial charge on any atom is 0.260 e. The number of hydrogen-bond donors (Lipinski definition) is 0. The molecule has 0 aliphatic rings. The summed E-state index contributed by atoms with van der Waals surface area (Å²) in [6, 6.07) is 13.7. The number of rotatable bonds is 6. The van der Waals surface area contributed by atoms with E-state index in [9.17, 15) is 13.2 Å². The second-order valence-corrected chi connectivity index (χ2v) is 10.6. The number of thiazole rings is 1. The zero-order chi connectivity index (χ0) is 22.2. The summed E-state index contributed by atoms with van der Waals surface area (Å²) < 4.78 is 30.7. The minimum atomic E-state index is -3.33. The van der Waals surface area contributed by atoms with Crippen molar-refractivity contribution in [3.63, 3.8) is 0 Å². The first kappa shape index (κ1) is 21.3. The summed E-state index contributed by atoms with van der Waals surface area (Å²) >= 11 is 1.45. The van der Waals surface area contributed by atoms with Gasteiger partial charge in [-0.3, -0.25) is 9.69 Å². The highest BCUT2D eigenvalue weighted by Gasteiger charge is 2.24. The number of benzene rings is 2. The van der Waals surface area contributed by atoms with E-state index in [1.165, 1.54) is 23.5 Å². The summed E-state index contributed by atoms with van der Waals surface area (Å²) in [5, 5.41) is 0.565. The average molecular weight is 455 g/mol. The molecule has 31 heavy (non-hydrogen) atoms. The average Bonchev–Trinajstić information content (AvgIpc) is 3.41. The highest BCUT2D eigenvalue weighted by Crippen LogP contribution is 2.33. The first-order chi connectivity index (χ1) is 14.8. The lowest BCUT2D eigenvalue weighted by atomic mass is 10.1. The molecule has 2 aromatic heterocycles. The van der Waals surface area contributed by atoms with Gasteiger partial charge in [0.15, 0.2) is 15.0 Å². The van der Waals surface area contributed by atoms with Crippen LogP contribution in [0.25, 0.3) is 10.2 Å². The van der Waals surface area contributed by atoms with Crippen LogP contribution in [0.1, 0.15) is 34.2 Å². The lowest BCUT2D eigenvalue weighted by Crippen LogP contribution is -2.30. The molecule has 2 aromatic carbocycles. The molecule has 0 spiro atoms. The van der Waals surface area contributed by atoms with Crippen LogP contribution >= 0.6 is 11.3 Å². The van der Waals surface area contributed by atoms with Crippen LogP contribution in [0.4, 0.5) is 5.13 Å². The quantitative estimate of drug-likeness (QED) is 0.403. The van der Waals surface area contributed by atoms with Crippen LogP contribution in [0.3, 0.4) is 0 Å². The van der Waals surface area contributed by atoms with Gasteiger partial charge >= 0.3 is 0 Å². The summed E-state index contributed by atoms with van der Waals surface area (Å²) in [4.78, 5) is 19.9. The number of aromatic nitrogens is 1. The molecule has 8 heteroatoms. The van der Waals surface area contributed by atoms with Crippen LogP contribution in [0.2, 0.25) is 0 Å². The fraction of sp³-hybridized carbons (Fsp3) is 0.217. The van der Waals surface area contributed by atoms with E-state index in [2.05, 4.69) is 12.1 Å². The fourth-order valence-electron chi connectivity index (χ4n) is 3.39. The lowest BCUT2D eigenvalue weighted by molar-refractivity contribution is 0.0983. The molecule has 0 fully saturated rings. The first-order valence-electron chi connectivity index (χ1n) is 9.83. The van der Waals surface area contributed by atoms with Gasteiger partial charge in [0.2, 0.25) is 0 Å². The predicted octanol–water partition coefficient (Wildman–Crippen LogP) is 5.15. The smallest absolute Gasteiger partial charge is 0.260 e. The first-order valence-corrected chi connectivity index (χ1v) is 12.3. The maximum absolute atomic E-state index is 13.4. The number of furan rings is 1. The van der Waals surface area contributed by atoms with Crippen molar-refractivity contribution in [2.24, 2.45) is 0 Å². The fourth-order valence-corrected chi connectivity index (χ4v) is 5.41. The molecule has 0 saturated heterocycles. The molecule has 0 aliphatic heterocycles. The Morgan fingerprint density at radius 1 is 1.13 bits per heavy atom. The number of amides is 1. The summed E-state index contributed by atoms with van der Waals surface area (Å²) in [5.41, 5.74) is 3.44. The van der Waals surface area contributed by atoms with E-state index in [0.717, 1.165) is 21.3 Å². The molecule has 160 valence electrons. The zero-order valence-electron chi connectivity index (χ0n) is 17.5. The summed E-state index contributed by atoms with van der Waals surface area (Å²) in [6.07, 6.45) is 1.56. The molecule has 6 nitrogen and oxygen atoms in total. The van der Waals surface area contributed by atoms with E-state index in [0.29, 0.717) is 16.5 Å². The molecular weight excluding hydrogens is 432 g/mol. The zero-order valence-corrected chi connectivity index (χ0v) is 19.1. The standard InChI is InChI=1S/C23H22N2O4S2/c1-4-31(27,28)19-9-7-17(8-10-19)22(26)25(14-18-6-5-11-29-18)23-24-21-16(3)12-15(2)13-20(21)30-23/h5-13H,4,14H2,1-3H3. The number of anilines is 1. The Bertz CT molecular complexity index is 1340. The molecule has 0 N–H and O–H groups in total. The van der Waals surface area contributed by atoms with E-state index in [-0.39, 0.29) is 23.1 Å². The third kappa shape index (κ3) is 4.26. The second-order valence-electron chi connectivity index (χ2n) is 7.32. The van der Waals surface area contributed by atoms with Crippen molar-refractivity contribution >= 4 is 42.4 Å². The van der Waals surface area contributed by atoms with Crippen LogP contribution in [0, 0.1) is 13.8 Å². The molecular formula is C23H22N2O4S2. The van der Waals surface area contributed by atoms with E-state index in [1.54, 1.807) is 42.4 Å². The van der Waals surface area contributed by atoms with Crippen molar-refractivity contribution in [2.75, 3.05) is 10.7 Å². The summed E-state index contributed by atoms with van der Waals surface area (Å²) in [7, 11) is -3.33. The monoisotopic (exact) mass is 454 g/mol. The number of fused-ring (bicyclic) bond motifs is 1. The molecule has 4 rings (SSSR count). The molecule has 2 heterocycles. The van der Waals surface area contributed by atoms with Crippen molar-refractivity contribution in [1.29, 1.82) is 0 Å². The third-order valence-corrected chi connectivity index (χ3v) is 7.80. The van der Waals surface area contributed by atoms with Crippen LogP contribution in [-0.4, -0.2) is 25.1 Å². The minimum Gasteiger partial charge on any atom is -0.467 e. The van der Waals surface area contributed by atoms with E-state index in [4.69, 9.17) is 9.40 Å². The number of aryl methyl sites for hydroxylation is 2. The van der Waals surface area contributed by atoms with Gasteiger partial charge in [-0.05, 0) is 67.4 Å². The van der Waals surface area contributed by atoms with Crippen LogP contribution in [-0.2, 0) is 16.4 Å². The van der Waals surface area contributed by atoms with Gasteiger partial charge in [0.25, 0.3) is 5.91 Å². The molecule has 0 atom stereocenters. The van der Waals surface area contributed by atoms with E-state index >= 15 is 0 Å². The van der Waals surface area contributed by atoms with Gasteiger partial charge in [0, 0.05) is 5.56 Å². The van der Waals surface area contributed by atoms with Gasteiger partial charge in [0.1, 0.15) is 5.76 Å². The van der Waals surface area contributed by atoms with Crippen molar-refractivity contribution in [3.8, 4) is 0 Å². The van der Waals surface area contributed by atoms with Gasteiger partial charge in [-0.15, -0.1) is 0 Å². The minimum absolute atomic E-state index is 0.00931. The van der Waals surface area contributed by atoms with Gasteiger partial charge in [-0.2, -0.15) is 0 Å². The van der Waals surface area contributed by atoms with Crippen molar-refractivity contribution in [2.45, 2.75) is 32.2 Å². The molecule has 1 amide bonds. The SMILES string of the molecule is CCS(=O)(=O)c1ccc(C(=O)N(Cc2ccco2)c2nc3c(C)cc(C)cc3s2)cc1. The Hall–Kier alpha value is -2.97. The van der Waals surface area contributed by atoms with Crippen LogP contribution < -0.4 is 4.90 Å². The van der Waals surface area contributed by atoms with Gasteiger partial charge in [0.05, 0.1) is 33.7 Å². The number of carbonyl (C=O) groups is 1. The number of nitrogens with zero attached hydrogens (tertiary/aromatic N) is 2. The summed E-state index contributed by atoms with van der Waals surface area (Å²) in [5.74, 6) is 0.367. The third-order valence-electron chi connectivity index (χ3n) is 5.03. The molecule has 0 radical (unpaired) electrons. The molecule has 4 aromatic rings. The molecule has 0 saturated carbocycles. The second kappa shape index (κ2) is 8.28. The largest absolute Gasteiger partial charge is 0.467 e. The number of hydrogen-bond acceptors (Lipinski definition) is 6. The Kier molecular flexibility index (Phi) is 5.68. The number of sulfone groups is 1.